The predicted molar refractivity (Wildman–Crippen MR) is 115 cm³/mol. The first-order valence-electron chi connectivity index (χ1n) is 10.3. The first-order chi connectivity index (χ1) is 14.7. The summed E-state index contributed by atoms with van der Waals surface area (Å²) in [5.74, 6) is 0.985. The Morgan fingerprint density at radius 3 is 2.57 bits per heavy atom. The average Bonchev–Trinajstić information content (AvgIpc) is 3.13. The second kappa shape index (κ2) is 7.91. The van der Waals surface area contributed by atoms with E-state index in [4.69, 9.17) is 14.5 Å². The lowest BCUT2D eigenvalue weighted by Gasteiger charge is -2.29. The summed E-state index contributed by atoms with van der Waals surface area (Å²) in [5.41, 5.74) is 3.71. The highest BCUT2D eigenvalue weighted by atomic mass is 16.5. The summed E-state index contributed by atoms with van der Waals surface area (Å²) in [6, 6.07) is 15.8. The molecule has 0 bridgehead atoms. The van der Waals surface area contributed by atoms with E-state index in [2.05, 4.69) is 22.9 Å². The molecule has 1 fully saturated rings. The van der Waals surface area contributed by atoms with Crippen molar-refractivity contribution >= 4 is 28.4 Å². The minimum absolute atomic E-state index is 0.0738. The van der Waals surface area contributed by atoms with E-state index in [1.807, 2.05) is 47.4 Å². The highest BCUT2D eigenvalue weighted by Gasteiger charge is 2.31. The van der Waals surface area contributed by atoms with Gasteiger partial charge in [0.25, 0.3) is 11.8 Å². The quantitative estimate of drug-likeness (QED) is 0.666. The standard InChI is InChI=1S/C23H24N4O3/c1-16-14-17-6-2-5-9-20(17)27(16)21(28)15-30-23-22(26-10-12-29-13-11-26)24-18-7-3-4-8-19(18)25-23/h2-9,16H,10-15H2,1H3/t16-/m0/s1. The fourth-order valence-electron chi connectivity index (χ4n) is 4.20. The number of morpholine rings is 1. The highest BCUT2D eigenvalue weighted by Crippen LogP contribution is 2.32. The topological polar surface area (TPSA) is 67.8 Å². The van der Waals surface area contributed by atoms with Gasteiger partial charge in [0, 0.05) is 24.8 Å². The second-order valence-electron chi connectivity index (χ2n) is 7.67. The monoisotopic (exact) mass is 404 g/mol. The number of nitrogens with zero attached hydrogens (tertiary/aromatic N) is 4. The molecule has 0 aliphatic carbocycles. The van der Waals surface area contributed by atoms with Gasteiger partial charge in [0.1, 0.15) is 0 Å². The van der Waals surface area contributed by atoms with Crippen LogP contribution in [0.15, 0.2) is 48.5 Å². The van der Waals surface area contributed by atoms with Gasteiger partial charge in [-0.05, 0) is 37.1 Å². The Labute approximate surface area is 175 Å². The van der Waals surface area contributed by atoms with E-state index in [0.717, 1.165) is 23.1 Å². The van der Waals surface area contributed by atoms with Crippen LogP contribution in [0.25, 0.3) is 11.0 Å². The largest absolute Gasteiger partial charge is 0.465 e. The molecule has 1 aromatic heterocycles. The van der Waals surface area contributed by atoms with Crippen molar-refractivity contribution in [3.8, 4) is 5.88 Å². The van der Waals surface area contributed by atoms with Gasteiger partial charge in [0.2, 0.25) is 0 Å². The van der Waals surface area contributed by atoms with E-state index in [1.54, 1.807) is 0 Å². The molecule has 0 N–H and O–H groups in total. The molecule has 0 saturated carbocycles. The molecule has 30 heavy (non-hydrogen) atoms. The molecule has 7 heteroatoms. The normalized spacial score (nSPS) is 18.5. The molecule has 3 heterocycles. The van der Waals surface area contributed by atoms with Gasteiger partial charge in [-0.1, -0.05) is 30.3 Å². The van der Waals surface area contributed by atoms with E-state index in [1.165, 1.54) is 5.56 Å². The fourth-order valence-corrected chi connectivity index (χ4v) is 4.20. The van der Waals surface area contributed by atoms with Crippen LogP contribution in [0, 0.1) is 0 Å². The van der Waals surface area contributed by atoms with Crippen molar-refractivity contribution in [3.05, 3.63) is 54.1 Å². The summed E-state index contributed by atoms with van der Waals surface area (Å²) < 4.78 is 11.5. The zero-order valence-electron chi connectivity index (χ0n) is 17.0. The van der Waals surface area contributed by atoms with Crippen molar-refractivity contribution in [2.45, 2.75) is 19.4 Å². The lowest BCUT2D eigenvalue weighted by Crippen LogP contribution is -2.40. The van der Waals surface area contributed by atoms with Gasteiger partial charge in [-0.2, -0.15) is 0 Å². The molecule has 3 aromatic rings. The molecule has 0 radical (unpaired) electrons. The molecule has 2 aromatic carbocycles. The van der Waals surface area contributed by atoms with E-state index in [-0.39, 0.29) is 18.6 Å². The maximum Gasteiger partial charge on any atom is 0.265 e. The molecule has 7 nitrogen and oxygen atoms in total. The zero-order valence-corrected chi connectivity index (χ0v) is 17.0. The number of para-hydroxylation sites is 3. The number of anilines is 2. The first kappa shape index (κ1) is 18.8. The number of fused-ring (bicyclic) bond motifs is 2. The summed E-state index contributed by atoms with van der Waals surface area (Å²) in [5, 5.41) is 0. The third-order valence-electron chi connectivity index (χ3n) is 5.64. The van der Waals surface area contributed by atoms with Gasteiger partial charge in [-0.25, -0.2) is 9.97 Å². The number of carbonyl (C=O) groups is 1. The van der Waals surface area contributed by atoms with Crippen LogP contribution in [-0.2, 0) is 16.0 Å². The number of carbonyl (C=O) groups excluding carboxylic acids is 1. The van der Waals surface area contributed by atoms with Crippen LogP contribution in [-0.4, -0.2) is 54.8 Å². The Kier molecular flexibility index (Phi) is 4.96. The van der Waals surface area contributed by atoms with E-state index in [0.29, 0.717) is 38.0 Å². The summed E-state index contributed by atoms with van der Waals surface area (Å²) >= 11 is 0. The predicted octanol–water partition coefficient (Wildman–Crippen LogP) is 2.82. The number of amides is 1. The van der Waals surface area contributed by atoms with Crippen molar-refractivity contribution in [2.24, 2.45) is 0 Å². The summed E-state index contributed by atoms with van der Waals surface area (Å²) in [6.45, 7) is 4.68. The maximum atomic E-state index is 13.1. The first-order valence-corrected chi connectivity index (χ1v) is 10.3. The Morgan fingerprint density at radius 2 is 1.77 bits per heavy atom. The Bertz CT molecular complexity index is 1080. The molecule has 1 atom stereocenters. The van der Waals surface area contributed by atoms with E-state index >= 15 is 0 Å². The molecular formula is C23H24N4O3. The highest BCUT2D eigenvalue weighted by molar-refractivity contribution is 5.97. The van der Waals surface area contributed by atoms with Crippen molar-refractivity contribution in [3.63, 3.8) is 0 Å². The fraction of sp³-hybridized carbons (Fsp3) is 0.348. The molecular weight excluding hydrogens is 380 g/mol. The van der Waals surface area contributed by atoms with Crippen molar-refractivity contribution < 1.29 is 14.3 Å². The molecule has 1 saturated heterocycles. The van der Waals surface area contributed by atoms with Crippen molar-refractivity contribution in [2.75, 3.05) is 42.7 Å². The van der Waals surface area contributed by atoms with Crippen LogP contribution < -0.4 is 14.5 Å². The zero-order chi connectivity index (χ0) is 20.5. The third-order valence-corrected chi connectivity index (χ3v) is 5.64. The van der Waals surface area contributed by atoms with E-state index < -0.39 is 0 Å². The molecule has 1 amide bonds. The Morgan fingerprint density at radius 1 is 1.07 bits per heavy atom. The van der Waals surface area contributed by atoms with E-state index in [9.17, 15) is 4.79 Å². The summed E-state index contributed by atoms with van der Waals surface area (Å²) in [4.78, 5) is 26.5. The minimum Gasteiger partial charge on any atom is -0.465 e. The van der Waals surface area contributed by atoms with Gasteiger partial charge in [-0.3, -0.25) is 4.79 Å². The Balaban J connectivity index is 1.41. The van der Waals surface area contributed by atoms with Crippen LogP contribution in [0.2, 0.25) is 0 Å². The maximum absolute atomic E-state index is 13.1. The van der Waals surface area contributed by atoms with Crippen molar-refractivity contribution in [1.82, 2.24) is 9.97 Å². The summed E-state index contributed by atoms with van der Waals surface area (Å²) in [7, 11) is 0. The average molecular weight is 404 g/mol. The van der Waals surface area contributed by atoms with Crippen LogP contribution >= 0.6 is 0 Å². The van der Waals surface area contributed by atoms with Gasteiger partial charge in [-0.15, -0.1) is 0 Å². The van der Waals surface area contributed by atoms with Crippen molar-refractivity contribution in [1.29, 1.82) is 0 Å². The number of aromatic nitrogens is 2. The number of hydrogen-bond donors (Lipinski definition) is 0. The van der Waals surface area contributed by atoms with Gasteiger partial charge in [0.15, 0.2) is 12.4 Å². The minimum atomic E-state index is -0.0803. The van der Waals surface area contributed by atoms with Crippen LogP contribution in [0.4, 0.5) is 11.5 Å². The number of hydrogen-bond acceptors (Lipinski definition) is 6. The molecule has 5 rings (SSSR count). The second-order valence-corrected chi connectivity index (χ2v) is 7.67. The molecule has 2 aliphatic rings. The smallest absolute Gasteiger partial charge is 0.265 e. The van der Waals surface area contributed by atoms with Gasteiger partial charge in [0.05, 0.1) is 24.2 Å². The molecule has 0 spiro atoms. The number of ether oxygens (including phenoxy) is 2. The molecule has 0 unspecified atom stereocenters. The number of rotatable bonds is 4. The Hall–Kier alpha value is -3.19. The van der Waals surface area contributed by atoms with Crippen LogP contribution in [0.5, 0.6) is 5.88 Å². The van der Waals surface area contributed by atoms with Crippen LogP contribution in [0.3, 0.4) is 0 Å². The lowest BCUT2D eigenvalue weighted by molar-refractivity contribution is -0.120. The third kappa shape index (κ3) is 3.45. The molecule has 2 aliphatic heterocycles. The SMILES string of the molecule is C[C@H]1Cc2ccccc2N1C(=O)COc1nc2ccccc2nc1N1CCOCC1. The van der Waals surface area contributed by atoms with Gasteiger partial charge < -0.3 is 19.3 Å². The van der Waals surface area contributed by atoms with Crippen LogP contribution in [0.1, 0.15) is 12.5 Å². The summed E-state index contributed by atoms with van der Waals surface area (Å²) in [6.07, 6.45) is 0.858. The number of benzene rings is 2. The molecule has 154 valence electrons. The lowest BCUT2D eigenvalue weighted by atomic mass is 10.1. The van der Waals surface area contributed by atoms with Gasteiger partial charge >= 0.3 is 0 Å².